The highest BCUT2D eigenvalue weighted by Gasteiger charge is 2.51. The first-order valence-corrected chi connectivity index (χ1v) is 16.1. The van der Waals surface area contributed by atoms with Crippen LogP contribution in [-0.4, -0.2) is 102 Å². The number of methoxy groups -OCH3 is 1. The zero-order valence-electron chi connectivity index (χ0n) is 28.0. The van der Waals surface area contributed by atoms with Gasteiger partial charge >= 0.3 is 12.1 Å². The molecule has 1 N–H and O–H groups in total. The molecule has 0 spiro atoms. The summed E-state index contributed by atoms with van der Waals surface area (Å²) in [5, 5.41) is 8.22. The number of urea groups is 1. The van der Waals surface area contributed by atoms with Crippen molar-refractivity contribution in [2.24, 2.45) is 0 Å². The molecule has 254 valence electrons. The standard InChI is InChI=1S/C37H40N6O6/c1-39(2)37(47)49-30-18-12-25(13-19-30)20-32-35(45)41(22-28-10-7-9-27-8-5-6-11-31(27)28)23-33-42(24-34(44)43(32)33)40(3)36(46)38-21-26-14-16-29(48-4)17-15-26/h5-19,32-33H,20-24H2,1-4H3,(H,38,46)/t32-,33+/m0/s1. The molecule has 2 fully saturated rings. The number of amides is 5. The van der Waals surface area contributed by atoms with Gasteiger partial charge < -0.3 is 29.5 Å². The second-order valence-electron chi connectivity index (χ2n) is 12.4. The Morgan fingerprint density at radius 3 is 2.24 bits per heavy atom. The molecule has 49 heavy (non-hydrogen) atoms. The van der Waals surface area contributed by atoms with Crippen molar-refractivity contribution < 1.29 is 28.7 Å². The van der Waals surface area contributed by atoms with Gasteiger partial charge in [-0.1, -0.05) is 66.7 Å². The maximum absolute atomic E-state index is 14.3. The summed E-state index contributed by atoms with van der Waals surface area (Å²) >= 11 is 0. The Balaban J connectivity index is 1.25. The summed E-state index contributed by atoms with van der Waals surface area (Å²) in [4.78, 5) is 58.2. The van der Waals surface area contributed by atoms with Crippen molar-refractivity contribution in [3.8, 4) is 11.5 Å². The highest BCUT2D eigenvalue weighted by atomic mass is 16.6. The largest absolute Gasteiger partial charge is 0.497 e. The number of nitrogens with one attached hydrogen (secondary N) is 1. The van der Waals surface area contributed by atoms with Crippen LogP contribution in [-0.2, 0) is 29.1 Å². The molecule has 0 radical (unpaired) electrons. The third-order valence-corrected chi connectivity index (χ3v) is 9.01. The first kappa shape index (κ1) is 33.3. The molecule has 2 heterocycles. The van der Waals surface area contributed by atoms with Crippen molar-refractivity contribution in [1.82, 2.24) is 30.0 Å². The Labute approximate surface area is 285 Å². The predicted octanol–water partition coefficient (Wildman–Crippen LogP) is 4.09. The lowest BCUT2D eigenvalue weighted by Gasteiger charge is -2.46. The van der Waals surface area contributed by atoms with E-state index in [9.17, 15) is 19.2 Å². The fourth-order valence-electron chi connectivity index (χ4n) is 6.35. The van der Waals surface area contributed by atoms with Crippen LogP contribution >= 0.6 is 0 Å². The zero-order chi connectivity index (χ0) is 34.7. The smallest absolute Gasteiger partial charge is 0.414 e. The Hall–Kier alpha value is -5.62. The molecule has 2 aliphatic rings. The van der Waals surface area contributed by atoms with Gasteiger partial charge in [0.05, 0.1) is 20.2 Å². The van der Waals surface area contributed by atoms with Gasteiger partial charge in [-0.3, -0.25) is 14.6 Å². The van der Waals surface area contributed by atoms with Crippen molar-refractivity contribution in [1.29, 1.82) is 0 Å². The molecule has 4 aromatic carbocycles. The molecule has 0 saturated carbocycles. The number of benzene rings is 4. The van der Waals surface area contributed by atoms with E-state index < -0.39 is 18.3 Å². The molecule has 2 atom stereocenters. The predicted molar refractivity (Wildman–Crippen MR) is 183 cm³/mol. The minimum Gasteiger partial charge on any atom is -0.497 e. The molecule has 0 aliphatic carbocycles. The fraction of sp³-hybridized carbons (Fsp3) is 0.297. The van der Waals surface area contributed by atoms with Gasteiger partial charge in [0.2, 0.25) is 11.8 Å². The number of carbonyl (C=O) groups is 4. The Kier molecular flexibility index (Phi) is 9.68. The Morgan fingerprint density at radius 2 is 1.53 bits per heavy atom. The lowest BCUT2D eigenvalue weighted by molar-refractivity contribution is -0.157. The van der Waals surface area contributed by atoms with E-state index in [1.54, 1.807) is 67.3 Å². The van der Waals surface area contributed by atoms with Crippen LogP contribution in [0.5, 0.6) is 11.5 Å². The second-order valence-corrected chi connectivity index (χ2v) is 12.4. The van der Waals surface area contributed by atoms with Crippen molar-refractivity contribution in [3.05, 3.63) is 108 Å². The molecule has 2 aliphatic heterocycles. The van der Waals surface area contributed by atoms with Gasteiger partial charge in [0.25, 0.3) is 0 Å². The van der Waals surface area contributed by atoms with Crippen molar-refractivity contribution >= 4 is 34.7 Å². The SMILES string of the molecule is COc1ccc(CNC(=O)N(C)N2CC(=O)N3[C@@H](Cc4ccc(OC(=O)N(C)C)cc4)C(=O)N(Cc4cccc5ccccc45)C[C@@H]32)cc1. The first-order chi connectivity index (χ1) is 23.6. The number of nitrogens with zero attached hydrogens (tertiary/aromatic N) is 5. The van der Waals surface area contributed by atoms with E-state index in [0.717, 1.165) is 33.2 Å². The van der Waals surface area contributed by atoms with E-state index >= 15 is 0 Å². The number of piperazine rings is 1. The maximum atomic E-state index is 14.3. The molecule has 4 aromatic rings. The van der Waals surface area contributed by atoms with Crippen LogP contribution in [0.4, 0.5) is 9.59 Å². The topological polar surface area (TPSA) is 115 Å². The lowest BCUT2D eigenvalue weighted by Crippen LogP contribution is -2.65. The summed E-state index contributed by atoms with van der Waals surface area (Å²) in [6.07, 6.45) is -0.819. The second kappa shape index (κ2) is 14.2. The number of hydrogen-bond donors (Lipinski definition) is 1. The molecular weight excluding hydrogens is 624 g/mol. The summed E-state index contributed by atoms with van der Waals surface area (Å²) in [6.45, 7) is 0.801. The van der Waals surface area contributed by atoms with Crippen LogP contribution in [0.15, 0.2) is 91.0 Å². The van der Waals surface area contributed by atoms with Gasteiger partial charge in [-0.15, -0.1) is 0 Å². The molecule has 2 saturated heterocycles. The van der Waals surface area contributed by atoms with Crippen LogP contribution in [0, 0.1) is 0 Å². The minimum absolute atomic E-state index is 0.0531. The van der Waals surface area contributed by atoms with Gasteiger partial charge in [-0.2, -0.15) is 5.01 Å². The van der Waals surface area contributed by atoms with Crippen molar-refractivity contribution in [2.75, 3.05) is 41.3 Å². The highest BCUT2D eigenvalue weighted by Crippen LogP contribution is 2.31. The Morgan fingerprint density at radius 1 is 0.857 bits per heavy atom. The lowest BCUT2D eigenvalue weighted by atomic mass is 9.99. The molecule has 12 nitrogen and oxygen atoms in total. The summed E-state index contributed by atoms with van der Waals surface area (Å²) in [5.74, 6) is 0.688. The molecule has 0 unspecified atom stereocenters. The average molecular weight is 665 g/mol. The molecule has 0 bridgehead atoms. The monoisotopic (exact) mass is 664 g/mol. The van der Waals surface area contributed by atoms with E-state index in [1.165, 1.54) is 9.91 Å². The van der Waals surface area contributed by atoms with Crippen LogP contribution in [0.25, 0.3) is 10.8 Å². The van der Waals surface area contributed by atoms with Gasteiger partial charge in [0.1, 0.15) is 23.7 Å². The van der Waals surface area contributed by atoms with E-state index in [2.05, 4.69) is 5.32 Å². The summed E-state index contributed by atoms with van der Waals surface area (Å²) in [5.41, 5.74) is 2.69. The van der Waals surface area contributed by atoms with E-state index in [4.69, 9.17) is 9.47 Å². The van der Waals surface area contributed by atoms with Crippen LogP contribution in [0.1, 0.15) is 16.7 Å². The number of carbonyl (C=O) groups excluding carboxylic acids is 4. The summed E-state index contributed by atoms with van der Waals surface area (Å²) < 4.78 is 10.6. The molecule has 5 amide bonds. The van der Waals surface area contributed by atoms with Gasteiger partial charge in [-0.25, -0.2) is 9.59 Å². The van der Waals surface area contributed by atoms with Gasteiger partial charge in [0, 0.05) is 40.7 Å². The molecule has 0 aromatic heterocycles. The Bertz CT molecular complexity index is 1840. The number of hydrogen-bond acceptors (Lipinski definition) is 7. The zero-order valence-corrected chi connectivity index (χ0v) is 28.0. The van der Waals surface area contributed by atoms with Crippen molar-refractivity contribution in [2.45, 2.75) is 31.7 Å². The molecule has 6 rings (SSSR count). The minimum atomic E-state index is -0.808. The average Bonchev–Trinajstić information content (AvgIpc) is 3.44. The van der Waals surface area contributed by atoms with Crippen LogP contribution in [0.3, 0.4) is 0 Å². The number of ether oxygens (including phenoxy) is 2. The fourth-order valence-corrected chi connectivity index (χ4v) is 6.35. The van der Waals surface area contributed by atoms with Crippen LogP contribution < -0.4 is 14.8 Å². The maximum Gasteiger partial charge on any atom is 0.414 e. The molecule has 12 heteroatoms. The molecular formula is C37H40N6O6. The third kappa shape index (κ3) is 7.14. The van der Waals surface area contributed by atoms with E-state index in [-0.39, 0.29) is 43.9 Å². The number of rotatable bonds is 9. The van der Waals surface area contributed by atoms with Crippen molar-refractivity contribution in [3.63, 3.8) is 0 Å². The normalized spacial score (nSPS) is 17.6. The third-order valence-electron chi connectivity index (χ3n) is 9.01. The number of fused-ring (bicyclic) bond motifs is 2. The quantitative estimate of drug-likeness (QED) is 0.287. The van der Waals surface area contributed by atoms with E-state index in [0.29, 0.717) is 12.3 Å². The summed E-state index contributed by atoms with van der Waals surface area (Å²) in [6, 6.07) is 27.2. The van der Waals surface area contributed by atoms with Gasteiger partial charge in [-0.05, 0) is 51.7 Å². The van der Waals surface area contributed by atoms with Crippen LogP contribution in [0.2, 0.25) is 0 Å². The summed E-state index contributed by atoms with van der Waals surface area (Å²) in [7, 11) is 6.43. The highest BCUT2D eigenvalue weighted by molar-refractivity contribution is 5.92. The first-order valence-electron chi connectivity index (χ1n) is 16.1. The van der Waals surface area contributed by atoms with Gasteiger partial charge in [0.15, 0.2) is 0 Å². The van der Waals surface area contributed by atoms with E-state index in [1.807, 2.05) is 66.7 Å². The number of hydrazine groups is 1.